The Kier molecular flexibility index (Phi) is 3.37. The Morgan fingerprint density at radius 1 is 1.40 bits per heavy atom. The van der Waals surface area contributed by atoms with E-state index in [0.717, 1.165) is 5.56 Å². The van der Waals surface area contributed by atoms with Crippen LogP contribution in [0.25, 0.3) is 0 Å². The number of carboxylic acid groups (broad SMARTS) is 1. The molecule has 0 spiro atoms. The van der Waals surface area contributed by atoms with Crippen LogP contribution >= 0.6 is 12.4 Å². The number of benzene rings is 1. The van der Waals surface area contributed by atoms with E-state index in [0.29, 0.717) is 13.0 Å². The molecule has 15 heavy (non-hydrogen) atoms. The highest BCUT2D eigenvalue weighted by atomic mass is 35.5. The van der Waals surface area contributed by atoms with E-state index >= 15 is 0 Å². The lowest BCUT2D eigenvalue weighted by molar-refractivity contribution is -0.144. The van der Waals surface area contributed by atoms with Crippen molar-refractivity contribution in [2.24, 2.45) is 0 Å². The van der Waals surface area contributed by atoms with E-state index < -0.39 is 11.5 Å². The number of halogens is 1. The molecule has 1 aliphatic heterocycles. The zero-order valence-electron chi connectivity index (χ0n) is 8.49. The molecule has 1 heterocycles. The van der Waals surface area contributed by atoms with Gasteiger partial charge in [-0.15, -0.1) is 12.4 Å². The monoisotopic (exact) mass is 227 g/mol. The van der Waals surface area contributed by atoms with Crippen LogP contribution in [-0.2, 0) is 17.8 Å². The lowest BCUT2D eigenvalue weighted by atomic mass is 9.86. The number of hydrogen-bond donors (Lipinski definition) is 2. The van der Waals surface area contributed by atoms with Gasteiger partial charge in [0.25, 0.3) is 0 Å². The van der Waals surface area contributed by atoms with E-state index in [4.69, 9.17) is 5.11 Å². The predicted molar refractivity (Wildman–Crippen MR) is 60.3 cm³/mol. The van der Waals surface area contributed by atoms with E-state index in [-0.39, 0.29) is 12.4 Å². The third-order valence-electron chi connectivity index (χ3n) is 2.80. The van der Waals surface area contributed by atoms with Crippen molar-refractivity contribution in [2.75, 3.05) is 0 Å². The molecule has 4 heteroatoms. The quantitative estimate of drug-likeness (QED) is 0.766. The van der Waals surface area contributed by atoms with Crippen molar-refractivity contribution in [3.63, 3.8) is 0 Å². The zero-order valence-corrected chi connectivity index (χ0v) is 9.30. The molecule has 0 saturated heterocycles. The predicted octanol–water partition coefficient (Wildman–Crippen LogP) is 1.60. The van der Waals surface area contributed by atoms with Crippen LogP contribution in [0, 0.1) is 0 Å². The molecule has 1 atom stereocenters. The third kappa shape index (κ3) is 2.13. The number of hydrogen-bond acceptors (Lipinski definition) is 2. The maximum Gasteiger partial charge on any atom is 0.323 e. The number of carbonyl (C=O) groups is 1. The lowest BCUT2D eigenvalue weighted by Gasteiger charge is -2.32. The molecule has 1 aromatic rings. The highest BCUT2D eigenvalue weighted by Gasteiger charge is 2.36. The van der Waals surface area contributed by atoms with Gasteiger partial charge in [-0.05, 0) is 18.1 Å². The van der Waals surface area contributed by atoms with Gasteiger partial charge >= 0.3 is 5.97 Å². The van der Waals surface area contributed by atoms with Crippen molar-refractivity contribution in [3.8, 4) is 0 Å². The Morgan fingerprint density at radius 3 is 2.60 bits per heavy atom. The summed E-state index contributed by atoms with van der Waals surface area (Å²) in [5, 5.41) is 12.1. The fourth-order valence-electron chi connectivity index (χ4n) is 1.79. The van der Waals surface area contributed by atoms with Gasteiger partial charge in [-0.3, -0.25) is 10.1 Å². The minimum atomic E-state index is -0.811. The van der Waals surface area contributed by atoms with Gasteiger partial charge in [-0.1, -0.05) is 24.3 Å². The molecule has 2 rings (SSSR count). The second-order valence-corrected chi connectivity index (χ2v) is 3.94. The van der Waals surface area contributed by atoms with Crippen LogP contribution in [0.4, 0.5) is 0 Å². The summed E-state index contributed by atoms with van der Waals surface area (Å²) in [7, 11) is 0. The smallest absolute Gasteiger partial charge is 0.323 e. The largest absolute Gasteiger partial charge is 0.480 e. The minimum Gasteiger partial charge on any atom is -0.480 e. The first kappa shape index (κ1) is 12.0. The van der Waals surface area contributed by atoms with Crippen LogP contribution in [0.15, 0.2) is 24.3 Å². The van der Waals surface area contributed by atoms with Crippen molar-refractivity contribution < 1.29 is 9.90 Å². The Labute approximate surface area is 94.9 Å². The fraction of sp³-hybridized carbons (Fsp3) is 0.364. The molecule has 1 aliphatic rings. The molecule has 82 valence electrons. The molecular weight excluding hydrogens is 214 g/mol. The standard InChI is InChI=1S/C11H13NO2.ClH/c1-11(10(13)14)6-8-4-2-3-5-9(8)7-12-11;/h2-5,12H,6-7H2,1H3,(H,13,14);1H. The number of fused-ring (bicyclic) bond motifs is 1. The van der Waals surface area contributed by atoms with Crippen LogP contribution in [0.5, 0.6) is 0 Å². The summed E-state index contributed by atoms with van der Waals surface area (Å²) in [5.74, 6) is -0.785. The second-order valence-electron chi connectivity index (χ2n) is 3.94. The summed E-state index contributed by atoms with van der Waals surface area (Å²) in [6, 6.07) is 7.96. The Bertz CT molecular complexity index is 381. The average Bonchev–Trinajstić information content (AvgIpc) is 2.17. The molecule has 0 aliphatic carbocycles. The minimum absolute atomic E-state index is 0. The van der Waals surface area contributed by atoms with E-state index in [9.17, 15) is 4.79 Å². The van der Waals surface area contributed by atoms with Gasteiger partial charge in [-0.2, -0.15) is 0 Å². The van der Waals surface area contributed by atoms with Gasteiger partial charge in [0, 0.05) is 13.0 Å². The van der Waals surface area contributed by atoms with Gasteiger partial charge in [0.15, 0.2) is 0 Å². The average molecular weight is 228 g/mol. The zero-order chi connectivity index (χ0) is 10.2. The highest BCUT2D eigenvalue weighted by molar-refractivity contribution is 5.85. The van der Waals surface area contributed by atoms with Crippen LogP contribution < -0.4 is 5.32 Å². The first-order valence-corrected chi connectivity index (χ1v) is 4.67. The molecule has 3 nitrogen and oxygen atoms in total. The van der Waals surface area contributed by atoms with Crippen molar-refractivity contribution in [2.45, 2.75) is 25.4 Å². The van der Waals surface area contributed by atoms with E-state index in [1.165, 1.54) is 5.56 Å². The van der Waals surface area contributed by atoms with Crippen LogP contribution in [0.2, 0.25) is 0 Å². The molecule has 2 N–H and O–H groups in total. The van der Waals surface area contributed by atoms with Gasteiger partial charge in [0.05, 0.1) is 0 Å². The van der Waals surface area contributed by atoms with E-state index in [1.807, 2.05) is 24.3 Å². The van der Waals surface area contributed by atoms with Gasteiger partial charge in [-0.25, -0.2) is 0 Å². The first-order valence-electron chi connectivity index (χ1n) is 4.67. The number of nitrogens with one attached hydrogen (secondary N) is 1. The molecular formula is C11H14ClNO2. The van der Waals surface area contributed by atoms with Crippen LogP contribution in [0.3, 0.4) is 0 Å². The van der Waals surface area contributed by atoms with Crippen LogP contribution in [0.1, 0.15) is 18.1 Å². The third-order valence-corrected chi connectivity index (χ3v) is 2.80. The molecule has 1 unspecified atom stereocenters. The van der Waals surface area contributed by atoms with Crippen molar-refractivity contribution in [1.82, 2.24) is 5.32 Å². The molecule has 0 radical (unpaired) electrons. The second kappa shape index (κ2) is 4.21. The van der Waals surface area contributed by atoms with Gasteiger partial charge in [0.1, 0.15) is 5.54 Å². The summed E-state index contributed by atoms with van der Waals surface area (Å²) < 4.78 is 0. The normalized spacial score (nSPS) is 23.8. The highest BCUT2D eigenvalue weighted by Crippen LogP contribution is 2.22. The molecule has 0 bridgehead atoms. The summed E-state index contributed by atoms with van der Waals surface area (Å²) in [5.41, 5.74) is 1.52. The van der Waals surface area contributed by atoms with Crippen molar-refractivity contribution in [1.29, 1.82) is 0 Å². The summed E-state index contributed by atoms with van der Waals surface area (Å²) >= 11 is 0. The summed E-state index contributed by atoms with van der Waals surface area (Å²) in [6.07, 6.45) is 0.554. The number of aliphatic carboxylic acids is 1. The summed E-state index contributed by atoms with van der Waals surface area (Å²) in [4.78, 5) is 11.0. The first-order chi connectivity index (χ1) is 6.62. The lowest BCUT2D eigenvalue weighted by Crippen LogP contribution is -2.53. The van der Waals surface area contributed by atoms with Crippen molar-refractivity contribution >= 4 is 18.4 Å². The van der Waals surface area contributed by atoms with E-state index in [2.05, 4.69) is 5.32 Å². The van der Waals surface area contributed by atoms with Crippen molar-refractivity contribution in [3.05, 3.63) is 35.4 Å². The molecule has 1 aromatic carbocycles. The Morgan fingerprint density at radius 2 is 2.00 bits per heavy atom. The maximum atomic E-state index is 11.0. The SMILES string of the molecule is CC1(C(=O)O)Cc2ccccc2CN1.Cl. The Balaban J connectivity index is 0.00000112. The van der Waals surface area contributed by atoms with Gasteiger partial charge in [0.2, 0.25) is 0 Å². The fourth-order valence-corrected chi connectivity index (χ4v) is 1.79. The number of carboxylic acids is 1. The summed E-state index contributed by atoms with van der Waals surface area (Å²) in [6.45, 7) is 2.37. The van der Waals surface area contributed by atoms with Gasteiger partial charge < -0.3 is 5.11 Å². The molecule has 0 saturated carbocycles. The van der Waals surface area contributed by atoms with E-state index in [1.54, 1.807) is 6.92 Å². The maximum absolute atomic E-state index is 11.0. The number of rotatable bonds is 1. The molecule has 0 aromatic heterocycles. The molecule has 0 fully saturated rings. The Hall–Kier alpha value is -1.06. The van der Waals surface area contributed by atoms with Crippen LogP contribution in [-0.4, -0.2) is 16.6 Å². The molecule has 0 amide bonds. The topological polar surface area (TPSA) is 49.3 Å².